The molecule has 0 aliphatic rings. The van der Waals surface area contributed by atoms with Crippen LogP contribution in [0.3, 0.4) is 0 Å². The van der Waals surface area contributed by atoms with Gasteiger partial charge >= 0.3 is 5.97 Å². The fourth-order valence-electron chi connectivity index (χ4n) is 3.01. The van der Waals surface area contributed by atoms with Crippen molar-refractivity contribution in [3.63, 3.8) is 0 Å². The van der Waals surface area contributed by atoms with Crippen LogP contribution in [0.15, 0.2) is 84.9 Å². The molecule has 3 rings (SSSR count). The summed E-state index contributed by atoms with van der Waals surface area (Å²) >= 11 is 0. The van der Waals surface area contributed by atoms with Crippen LogP contribution in [0.1, 0.15) is 27.4 Å². The van der Waals surface area contributed by atoms with Crippen LogP contribution >= 0.6 is 0 Å². The fraction of sp³-hybridized carbons (Fsp3) is 0.0909. The largest absolute Gasteiger partial charge is 0.480 e. The minimum atomic E-state index is -1.19. The van der Waals surface area contributed by atoms with Gasteiger partial charge in [0.2, 0.25) is 0 Å². The van der Waals surface area contributed by atoms with E-state index in [0.717, 1.165) is 23.3 Å². The molecule has 136 valence electrons. The number of rotatable bonds is 6. The Balaban J connectivity index is 1.97. The predicted molar refractivity (Wildman–Crippen MR) is 100 cm³/mol. The second-order valence-corrected chi connectivity index (χ2v) is 6.10. The molecular formula is C22H18FNO3. The van der Waals surface area contributed by atoms with Crippen LogP contribution in [0, 0.1) is 5.82 Å². The number of halogens is 1. The van der Waals surface area contributed by atoms with Gasteiger partial charge in [-0.25, -0.2) is 9.18 Å². The highest BCUT2D eigenvalue weighted by Gasteiger charge is 2.32. The Hall–Kier alpha value is -3.47. The minimum absolute atomic E-state index is 0.197. The molecule has 5 heteroatoms. The molecule has 0 radical (unpaired) electrons. The maximum Gasteiger partial charge on any atom is 0.327 e. The molecule has 3 aromatic carbocycles. The highest BCUT2D eigenvalue weighted by Crippen LogP contribution is 2.28. The predicted octanol–water partition coefficient (Wildman–Crippen LogP) is 3.84. The number of benzene rings is 3. The summed E-state index contributed by atoms with van der Waals surface area (Å²) in [5.41, 5.74) is 1.74. The maximum absolute atomic E-state index is 13.1. The number of carbonyl (C=O) groups is 2. The van der Waals surface area contributed by atoms with Gasteiger partial charge < -0.3 is 10.4 Å². The van der Waals surface area contributed by atoms with E-state index in [1.807, 2.05) is 60.7 Å². The van der Waals surface area contributed by atoms with Crippen LogP contribution in [0.2, 0.25) is 0 Å². The van der Waals surface area contributed by atoms with Crippen molar-refractivity contribution in [2.45, 2.75) is 12.0 Å². The molecule has 0 saturated carbocycles. The van der Waals surface area contributed by atoms with Gasteiger partial charge in [-0.15, -0.1) is 0 Å². The first-order valence-corrected chi connectivity index (χ1v) is 8.45. The van der Waals surface area contributed by atoms with Crippen molar-refractivity contribution in [2.24, 2.45) is 0 Å². The third-order valence-electron chi connectivity index (χ3n) is 4.31. The van der Waals surface area contributed by atoms with Crippen molar-refractivity contribution in [1.82, 2.24) is 5.32 Å². The van der Waals surface area contributed by atoms with E-state index < -0.39 is 29.7 Å². The molecular weight excluding hydrogens is 345 g/mol. The lowest BCUT2D eigenvalue weighted by Gasteiger charge is -2.26. The molecule has 0 heterocycles. The lowest BCUT2D eigenvalue weighted by atomic mass is 9.85. The Morgan fingerprint density at radius 3 is 1.70 bits per heavy atom. The first kappa shape index (κ1) is 18.3. The van der Waals surface area contributed by atoms with Gasteiger partial charge in [-0.05, 0) is 35.4 Å². The summed E-state index contributed by atoms with van der Waals surface area (Å²) in [7, 11) is 0. The Morgan fingerprint density at radius 1 is 0.778 bits per heavy atom. The summed E-state index contributed by atoms with van der Waals surface area (Å²) < 4.78 is 13.1. The summed E-state index contributed by atoms with van der Waals surface area (Å²) in [5.74, 6) is -2.76. The van der Waals surface area contributed by atoms with Gasteiger partial charge in [0.1, 0.15) is 11.9 Å². The fourth-order valence-corrected chi connectivity index (χ4v) is 3.01. The molecule has 0 fully saturated rings. The van der Waals surface area contributed by atoms with Gasteiger partial charge in [0.15, 0.2) is 0 Å². The SMILES string of the molecule is O=C(N[C@@H](C(=O)O)C(c1ccccc1)c1ccccc1)c1ccc(F)cc1. The second-order valence-electron chi connectivity index (χ2n) is 6.10. The Kier molecular flexibility index (Phi) is 5.61. The molecule has 4 nitrogen and oxygen atoms in total. The van der Waals surface area contributed by atoms with Crippen LogP contribution in [-0.2, 0) is 4.79 Å². The summed E-state index contributed by atoms with van der Waals surface area (Å²) in [4.78, 5) is 24.6. The molecule has 1 atom stereocenters. The van der Waals surface area contributed by atoms with Gasteiger partial charge in [-0.2, -0.15) is 0 Å². The highest BCUT2D eigenvalue weighted by molar-refractivity contribution is 5.97. The first-order valence-electron chi connectivity index (χ1n) is 8.45. The quantitative estimate of drug-likeness (QED) is 0.699. The van der Waals surface area contributed by atoms with E-state index >= 15 is 0 Å². The Bertz CT molecular complexity index is 872. The normalized spacial score (nSPS) is 11.8. The maximum atomic E-state index is 13.1. The monoisotopic (exact) mass is 363 g/mol. The molecule has 3 aromatic rings. The topological polar surface area (TPSA) is 66.4 Å². The number of hydrogen-bond acceptors (Lipinski definition) is 2. The van der Waals surface area contributed by atoms with E-state index in [4.69, 9.17) is 0 Å². The summed E-state index contributed by atoms with van der Waals surface area (Å²) in [6.45, 7) is 0. The molecule has 0 bridgehead atoms. The Labute approximate surface area is 156 Å². The molecule has 1 amide bonds. The highest BCUT2D eigenvalue weighted by atomic mass is 19.1. The van der Waals surface area contributed by atoms with E-state index in [2.05, 4.69) is 5.32 Å². The lowest BCUT2D eigenvalue weighted by molar-refractivity contribution is -0.139. The van der Waals surface area contributed by atoms with Crippen molar-refractivity contribution < 1.29 is 19.1 Å². The summed E-state index contributed by atoms with van der Waals surface area (Å²) in [5, 5.41) is 12.4. The molecule has 0 unspecified atom stereocenters. The van der Waals surface area contributed by atoms with Crippen LogP contribution in [0.25, 0.3) is 0 Å². The number of carboxylic acids is 1. The van der Waals surface area contributed by atoms with E-state index in [1.165, 1.54) is 12.1 Å². The Morgan fingerprint density at radius 2 is 1.26 bits per heavy atom. The van der Waals surface area contributed by atoms with Gasteiger partial charge in [-0.3, -0.25) is 4.79 Å². The van der Waals surface area contributed by atoms with Crippen LogP contribution < -0.4 is 5.32 Å². The average molecular weight is 363 g/mol. The van der Waals surface area contributed by atoms with E-state index in [1.54, 1.807) is 0 Å². The zero-order chi connectivity index (χ0) is 19.2. The van der Waals surface area contributed by atoms with Gasteiger partial charge in [0.05, 0.1) is 0 Å². The van der Waals surface area contributed by atoms with E-state index in [-0.39, 0.29) is 5.56 Å². The molecule has 27 heavy (non-hydrogen) atoms. The molecule has 0 spiro atoms. The van der Waals surface area contributed by atoms with Crippen LogP contribution in [0.4, 0.5) is 4.39 Å². The summed E-state index contributed by atoms with van der Waals surface area (Å²) in [6, 6.07) is 22.1. The third-order valence-corrected chi connectivity index (χ3v) is 4.31. The zero-order valence-electron chi connectivity index (χ0n) is 14.4. The first-order chi connectivity index (χ1) is 13.1. The van der Waals surface area contributed by atoms with Crippen molar-refractivity contribution in [3.05, 3.63) is 107 Å². The van der Waals surface area contributed by atoms with E-state index in [0.29, 0.717) is 0 Å². The van der Waals surface area contributed by atoms with Crippen molar-refractivity contribution in [1.29, 1.82) is 0 Å². The van der Waals surface area contributed by atoms with Gasteiger partial charge in [0, 0.05) is 11.5 Å². The van der Waals surface area contributed by atoms with Gasteiger partial charge in [-0.1, -0.05) is 60.7 Å². The lowest BCUT2D eigenvalue weighted by Crippen LogP contribution is -2.45. The number of carboxylic acid groups (broad SMARTS) is 1. The number of nitrogens with one attached hydrogen (secondary N) is 1. The molecule has 2 N–H and O–H groups in total. The van der Waals surface area contributed by atoms with Crippen LogP contribution in [-0.4, -0.2) is 23.0 Å². The average Bonchev–Trinajstić information content (AvgIpc) is 2.69. The third kappa shape index (κ3) is 4.39. The number of hydrogen-bond donors (Lipinski definition) is 2. The van der Waals surface area contributed by atoms with Crippen molar-refractivity contribution in [3.8, 4) is 0 Å². The molecule has 0 saturated heterocycles. The van der Waals surface area contributed by atoms with Crippen LogP contribution in [0.5, 0.6) is 0 Å². The molecule has 0 aromatic heterocycles. The van der Waals surface area contributed by atoms with Crippen molar-refractivity contribution in [2.75, 3.05) is 0 Å². The van der Waals surface area contributed by atoms with E-state index in [9.17, 15) is 19.1 Å². The van der Waals surface area contributed by atoms with Crippen molar-refractivity contribution >= 4 is 11.9 Å². The van der Waals surface area contributed by atoms with Gasteiger partial charge in [0.25, 0.3) is 5.91 Å². The second kappa shape index (κ2) is 8.27. The summed E-state index contributed by atoms with van der Waals surface area (Å²) in [6.07, 6.45) is 0. The zero-order valence-corrected chi connectivity index (χ0v) is 14.4. The number of carbonyl (C=O) groups excluding carboxylic acids is 1. The number of amides is 1. The standard InChI is InChI=1S/C22H18FNO3/c23-18-13-11-17(12-14-18)21(25)24-20(22(26)27)19(15-7-3-1-4-8-15)16-9-5-2-6-10-16/h1-14,19-20H,(H,24,25)(H,26,27)/t20-/m1/s1. The molecule has 0 aliphatic carbocycles. The number of aliphatic carboxylic acids is 1. The molecule has 0 aliphatic heterocycles. The smallest absolute Gasteiger partial charge is 0.327 e. The minimum Gasteiger partial charge on any atom is -0.480 e.